The fourth-order valence-corrected chi connectivity index (χ4v) is 1.79. The van der Waals surface area contributed by atoms with Gasteiger partial charge in [0.25, 0.3) is 0 Å². The van der Waals surface area contributed by atoms with Crippen molar-refractivity contribution in [3.05, 3.63) is 0 Å². The molecule has 0 radical (unpaired) electrons. The number of rotatable bonds is 6. The zero-order valence-corrected chi connectivity index (χ0v) is 10.7. The van der Waals surface area contributed by atoms with Gasteiger partial charge in [-0.05, 0) is 13.8 Å². The van der Waals surface area contributed by atoms with E-state index in [1.807, 2.05) is 0 Å². The Labute approximate surface area is 107 Å². The Morgan fingerprint density at radius 1 is 0.950 bits per heavy atom. The van der Waals surface area contributed by atoms with E-state index in [0.717, 1.165) is 0 Å². The molecular weight excluding hydrogens is 331 g/mol. The van der Waals surface area contributed by atoms with Crippen LogP contribution in [0.15, 0.2) is 0 Å². The van der Waals surface area contributed by atoms with Crippen molar-refractivity contribution in [2.24, 2.45) is 0 Å². The molecule has 0 bridgehead atoms. The standard InChI is InChI=1S/C7H9F8O4P/c1-4(2,19-20(16,17)18)6(12,13)7(14,15)5(10,11)3(8)9/h3H,1-2H3,(H2,16,17,18). The van der Waals surface area contributed by atoms with Gasteiger partial charge in [-0.2, -0.15) is 26.3 Å². The Bertz CT molecular complexity index is 404. The first-order valence-electron chi connectivity index (χ1n) is 4.58. The normalized spacial score (nSPS) is 15.8. The molecule has 0 spiro atoms. The van der Waals surface area contributed by atoms with Gasteiger partial charge in [0.05, 0.1) is 0 Å². The van der Waals surface area contributed by atoms with Gasteiger partial charge in [-0.25, -0.2) is 13.3 Å². The highest BCUT2D eigenvalue weighted by Gasteiger charge is 2.80. The lowest BCUT2D eigenvalue weighted by Gasteiger charge is -2.40. The second kappa shape index (κ2) is 5.08. The molecule has 13 heteroatoms. The van der Waals surface area contributed by atoms with Crippen LogP contribution in [0.3, 0.4) is 0 Å². The lowest BCUT2D eigenvalue weighted by atomic mass is 9.91. The van der Waals surface area contributed by atoms with E-state index in [2.05, 4.69) is 4.52 Å². The SMILES string of the molecule is CC(C)(OP(=O)(O)O)C(F)(F)C(F)(F)C(F)(F)C(F)F. The molecule has 20 heavy (non-hydrogen) atoms. The van der Waals surface area contributed by atoms with Crippen molar-refractivity contribution in [3.63, 3.8) is 0 Å². The van der Waals surface area contributed by atoms with Crippen LogP contribution >= 0.6 is 7.82 Å². The summed E-state index contributed by atoms with van der Waals surface area (Å²) in [6.07, 6.45) is -5.13. The van der Waals surface area contributed by atoms with Crippen molar-refractivity contribution in [3.8, 4) is 0 Å². The monoisotopic (exact) mass is 340 g/mol. The number of hydrogen-bond donors (Lipinski definition) is 2. The van der Waals surface area contributed by atoms with Crippen LogP contribution in [-0.4, -0.2) is 39.6 Å². The first-order valence-corrected chi connectivity index (χ1v) is 6.11. The van der Waals surface area contributed by atoms with Gasteiger partial charge in [0, 0.05) is 0 Å². The maximum Gasteiger partial charge on any atom is 0.470 e. The van der Waals surface area contributed by atoms with Crippen LogP contribution in [0.5, 0.6) is 0 Å². The molecule has 0 aliphatic heterocycles. The maximum absolute atomic E-state index is 13.3. The Kier molecular flexibility index (Phi) is 4.96. The van der Waals surface area contributed by atoms with Crippen LogP contribution in [-0.2, 0) is 9.09 Å². The van der Waals surface area contributed by atoms with Gasteiger partial charge in [0.15, 0.2) is 0 Å². The van der Waals surface area contributed by atoms with Crippen molar-refractivity contribution in [2.75, 3.05) is 0 Å². The van der Waals surface area contributed by atoms with Gasteiger partial charge in [-0.3, -0.25) is 4.52 Å². The highest BCUT2D eigenvalue weighted by atomic mass is 31.2. The molecule has 0 rings (SSSR count). The lowest BCUT2D eigenvalue weighted by Crippen LogP contribution is -2.65. The van der Waals surface area contributed by atoms with Gasteiger partial charge in [-0.1, -0.05) is 0 Å². The molecule has 0 unspecified atom stereocenters. The molecule has 0 aromatic carbocycles. The predicted octanol–water partition coefficient (Wildman–Crippen LogP) is 3.05. The second-order valence-electron chi connectivity index (χ2n) is 4.16. The summed E-state index contributed by atoms with van der Waals surface area (Å²) in [6, 6.07) is 0. The lowest BCUT2D eigenvalue weighted by molar-refractivity contribution is -0.367. The Morgan fingerprint density at radius 2 is 1.30 bits per heavy atom. The van der Waals surface area contributed by atoms with Crippen LogP contribution in [0.2, 0.25) is 0 Å². The molecule has 2 N–H and O–H groups in total. The third-order valence-corrected chi connectivity index (χ3v) is 2.88. The first kappa shape index (κ1) is 19.6. The molecule has 0 saturated heterocycles. The average molecular weight is 340 g/mol. The minimum atomic E-state index is -6.62. The smallest absolute Gasteiger partial charge is 0.303 e. The Morgan fingerprint density at radius 3 is 1.55 bits per heavy atom. The highest BCUT2D eigenvalue weighted by Crippen LogP contribution is 2.56. The second-order valence-corrected chi connectivity index (χ2v) is 5.33. The minimum Gasteiger partial charge on any atom is -0.303 e. The molecule has 0 atom stereocenters. The van der Waals surface area contributed by atoms with Crippen molar-refractivity contribution >= 4 is 7.82 Å². The summed E-state index contributed by atoms with van der Waals surface area (Å²) in [6.45, 7) is -0.108. The van der Waals surface area contributed by atoms with Crippen LogP contribution in [0.4, 0.5) is 35.1 Å². The Balaban J connectivity index is 5.78. The van der Waals surface area contributed by atoms with E-state index in [4.69, 9.17) is 9.79 Å². The highest BCUT2D eigenvalue weighted by molar-refractivity contribution is 7.46. The van der Waals surface area contributed by atoms with Crippen molar-refractivity contribution in [1.82, 2.24) is 0 Å². The quantitative estimate of drug-likeness (QED) is 0.576. The molecule has 4 nitrogen and oxygen atoms in total. The number of phosphoric ester groups is 1. The molecule has 122 valence electrons. The summed E-state index contributed by atoms with van der Waals surface area (Å²) in [5, 5.41) is 0. The molecular formula is C7H9F8O4P. The average Bonchev–Trinajstić information content (AvgIpc) is 2.12. The third kappa shape index (κ3) is 3.23. The molecule has 0 fully saturated rings. The zero-order valence-electron chi connectivity index (χ0n) is 9.76. The topological polar surface area (TPSA) is 66.8 Å². The van der Waals surface area contributed by atoms with E-state index in [0.29, 0.717) is 0 Å². The number of phosphoric acid groups is 1. The number of halogens is 8. The van der Waals surface area contributed by atoms with E-state index >= 15 is 0 Å². The maximum atomic E-state index is 13.3. The molecule has 0 saturated carbocycles. The summed E-state index contributed by atoms with van der Waals surface area (Å²) in [7, 11) is -5.77. The summed E-state index contributed by atoms with van der Waals surface area (Å²) >= 11 is 0. The van der Waals surface area contributed by atoms with E-state index in [1.165, 1.54) is 0 Å². The zero-order chi connectivity index (χ0) is 16.8. The summed E-state index contributed by atoms with van der Waals surface area (Å²) in [4.78, 5) is 16.5. The van der Waals surface area contributed by atoms with Gasteiger partial charge >= 0.3 is 32.0 Å². The molecule has 0 aliphatic rings. The van der Waals surface area contributed by atoms with Crippen molar-refractivity contribution < 1.29 is 54.0 Å². The minimum absolute atomic E-state index is 0.0540. The van der Waals surface area contributed by atoms with Crippen LogP contribution in [0.1, 0.15) is 13.8 Å². The Hall–Kier alpha value is -0.450. The summed E-state index contributed by atoms with van der Waals surface area (Å²) in [5.74, 6) is -19.1. The summed E-state index contributed by atoms with van der Waals surface area (Å²) in [5.41, 5.74) is -3.85. The van der Waals surface area contributed by atoms with E-state index < -0.39 is 37.6 Å². The van der Waals surface area contributed by atoms with E-state index in [9.17, 15) is 39.7 Å². The predicted molar refractivity (Wildman–Crippen MR) is 48.1 cm³/mol. The molecule has 0 amide bonds. The van der Waals surface area contributed by atoms with Crippen LogP contribution < -0.4 is 0 Å². The molecule has 0 aromatic heterocycles. The molecule has 0 heterocycles. The van der Waals surface area contributed by atoms with Crippen molar-refractivity contribution in [2.45, 2.75) is 43.6 Å². The fourth-order valence-electron chi connectivity index (χ4n) is 1.08. The van der Waals surface area contributed by atoms with Gasteiger partial charge < -0.3 is 9.79 Å². The fraction of sp³-hybridized carbons (Fsp3) is 1.00. The van der Waals surface area contributed by atoms with Gasteiger partial charge in [-0.15, -0.1) is 0 Å². The number of alkyl halides is 8. The van der Waals surface area contributed by atoms with Gasteiger partial charge in [0.1, 0.15) is 5.60 Å². The van der Waals surface area contributed by atoms with Crippen LogP contribution in [0, 0.1) is 0 Å². The van der Waals surface area contributed by atoms with E-state index in [1.54, 1.807) is 0 Å². The first-order chi connectivity index (χ1) is 8.40. The molecule has 0 aromatic rings. The molecule has 0 aliphatic carbocycles. The van der Waals surface area contributed by atoms with Crippen molar-refractivity contribution in [1.29, 1.82) is 0 Å². The van der Waals surface area contributed by atoms with Crippen LogP contribution in [0.25, 0.3) is 0 Å². The van der Waals surface area contributed by atoms with E-state index in [-0.39, 0.29) is 13.8 Å². The third-order valence-electron chi connectivity index (χ3n) is 2.19. The largest absolute Gasteiger partial charge is 0.470 e. The summed E-state index contributed by atoms with van der Waals surface area (Å²) < 4.78 is 115. The number of hydrogen-bond acceptors (Lipinski definition) is 2. The van der Waals surface area contributed by atoms with Gasteiger partial charge in [0.2, 0.25) is 0 Å².